The van der Waals surface area contributed by atoms with Crippen LogP contribution in [-0.4, -0.2) is 23.3 Å². The molecule has 17 heavy (non-hydrogen) atoms. The van der Waals surface area contributed by atoms with Gasteiger partial charge in [0.25, 0.3) is 0 Å². The molecule has 3 N–H and O–H groups in total. The maximum absolute atomic E-state index is 5.83. The predicted octanol–water partition coefficient (Wildman–Crippen LogP) is 2.51. The van der Waals surface area contributed by atoms with Gasteiger partial charge in [-0.3, -0.25) is 5.10 Å². The van der Waals surface area contributed by atoms with E-state index in [1.54, 1.807) is 6.20 Å². The molecule has 0 radical (unpaired) electrons. The van der Waals surface area contributed by atoms with Crippen LogP contribution in [0.25, 0.3) is 11.1 Å². The quantitative estimate of drug-likeness (QED) is 0.848. The van der Waals surface area contributed by atoms with E-state index in [9.17, 15) is 0 Å². The van der Waals surface area contributed by atoms with Crippen molar-refractivity contribution in [3.05, 3.63) is 30.5 Å². The smallest absolute Gasteiger partial charge is 0.126 e. The van der Waals surface area contributed by atoms with Crippen molar-refractivity contribution in [1.29, 1.82) is 0 Å². The molecule has 0 saturated carbocycles. The average molecular weight is 230 g/mol. The van der Waals surface area contributed by atoms with Gasteiger partial charge < -0.3 is 10.6 Å². The zero-order valence-corrected chi connectivity index (χ0v) is 10.3. The molecule has 0 fully saturated rings. The number of benzene rings is 1. The Morgan fingerprint density at radius 1 is 1.29 bits per heavy atom. The number of aromatic amines is 1. The summed E-state index contributed by atoms with van der Waals surface area (Å²) in [5.74, 6) is 0.613. The van der Waals surface area contributed by atoms with Crippen LogP contribution in [0.3, 0.4) is 0 Å². The van der Waals surface area contributed by atoms with Crippen LogP contribution in [0, 0.1) is 0 Å². The second-order valence-electron chi connectivity index (χ2n) is 3.92. The van der Waals surface area contributed by atoms with Gasteiger partial charge in [-0.15, -0.1) is 0 Å². The van der Waals surface area contributed by atoms with Gasteiger partial charge in [0.2, 0.25) is 0 Å². The minimum Gasteiger partial charge on any atom is -0.384 e. The average Bonchev–Trinajstić information content (AvgIpc) is 2.77. The molecule has 90 valence electrons. The van der Waals surface area contributed by atoms with Gasteiger partial charge in [0.1, 0.15) is 5.82 Å². The Kier molecular flexibility index (Phi) is 3.32. The van der Waals surface area contributed by atoms with E-state index < -0.39 is 0 Å². The van der Waals surface area contributed by atoms with Crippen LogP contribution >= 0.6 is 0 Å². The molecule has 0 atom stereocenters. The summed E-state index contributed by atoms with van der Waals surface area (Å²) in [7, 11) is 0. The van der Waals surface area contributed by atoms with Crippen molar-refractivity contribution in [2.24, 2.45) is 0 Å². The van der Waals surface area contributed by atoms with E-state index in [1.807, 2.05) is 6.07 Å². The van der Waals surface area contributed by atoms with Crippen molar-refractivity contribution in [2.45, 2.75) is 13.8 Å². The summed E-state index contributed by atoms with van der Waals surface area (Å²) < 4.78 is 0. The first-order chi connectivity index (χ1) is 8.26. The SMILES string of the molecule is CCN(CC)c1cccc(-c2cn[nH]c2N)c1. The van der Waals surface area contributed by atoms with Gasteiger partial charge in [-0.05, 0) is 31.5 Å². The van der Waals surface area contributed by atoms with E-state index in [4.69, 9.17) is 5.73 Å². The number of nitrogen functional groups attached to an aromatic ring is 1. The van der Waals surface area contributed by atoms with E-state index in [0.717, 1.165) is 24.2 Å². The summed E-state index contributed by atoms with van der Waals surface area (Å²) in [5, 5.41) is 6.71. The third-order valence-electron chi connectivity index (χ3n) is 2.95. The minimum atomic E-state index is 0.613. The van der Waals surface area contributed by atoms with Crippen molar-refractivity contribution >= 4 is 11.5 Å². The molecule has 0 amide bonds. The first-order valence-electron chi connectivity index (χ1n) is 5.90. The van der Waals surface area contributed by atoms with Crippen LogP contribution in [-0.2, 0) is 0 Å². The molecule has 2 rings (SSSR count). The highest BCUT2D eigenvalue weighted by molar-refractivity contribution is 5.75. The predicted molar refractivity (Wildman–Crippen MR) is 72.0 cm³/mol. The van der Waals surface area contributed by atoms with Crippen molar-refractivity contribution in [2.75, 3.05) is 23.7 Å². The molecule has 0 aliphatic heterocycles. The van der Waals surface area contributed by atoms with Crippen LogP contribution in [0.15, 0.2) is 30.5 Å². The molecular weight excluding hydrogens is 212 g/mol. The lowest BCUT2D eigenvalue weighted by Crippen LogP contribution is -2.21. The van der Waals surface area contributed by atoms with Gasteiger partial charge in [-0.25, -0.2) is 0 Å². The first kappa shape index (κ1) is 11.5. The molecule has 4 nitrogen and oxygen atoms in total. The molecule has 0 aliphatic carbocycles. The number of nitrogens with zero attached hydrogens (tertiary/aromatic N) is 2. The lowest BCUT2D eigenvalue weighted by Gasteiger charge is -2.21. The van der Waals surface area contributed by atoms with Gasteiger partial charge in [0, 0.05) is 24.3 Å². The molecule has 1 heterocycles. The van der Waals surface area contributed by atoms with Crippen LogP contribution < -0.4 is 10.6 Å². The molecule has 0 bridgehead atoms. The van der Waals surface area contributed by atoms with Gasteiger partial charge in [0.15, 0.2) is 0 Å². The topological polar surface area (TPSA) is 57.9 Å². The normalized spacial score (nSPS) is 10.5. The van der Waals surface area contributed by atoms with Crippen LogP contribution in [0.2, 0.25) is 0 Å². The number of rotatable bonds is 4. The summed E-state index contributed by atoms with van der Waals surface area (Å²) in [6, 6.07) is 8.37. The van der Waals surface area contributed by atoms with E-state index in [1.165, 1.54) is 5.69 Å². The molecule has 0 spiro atoms. The number of hydrogen-bond acceptors (Lipinski definition) is 3. The minimum absolute atomic E-state index is 0.613. The Labute approximate surface area is 101 Å². The highest BCUT2D eigenvalue weighted by Gasteiger charge is 2.07. The molecule has 0 saturated heterocycles. The number of anilines is 2. The monoisotopic (exact) mass is 230 g/mol. The molecule has 1 aromatic heterocycles. The largest absolute Gasteiger partial charge is 0.384 e. The van der Waals surface area contributed by atoms with Gasteiger partial charge in [-0.2, -0.15) is 5.10 Å². The molecule has 4 heteroatoms. The molecule has 0 unspecified atom stereocenters. The summed E-state index contributed by atoms with van der Waals surface area (Å²) in [4.78, 5) is 2.31. The second-order valence-corrected chi connectivity index (χ2v) is 3.92. The van der Waals surface area contributed by atoms with Crippen molar-refractivity contribution in [3.63, 3.8) is 0 Å². The number of aromatic nitrogens is 2. The summed E-state index contributed by atoms with van der Waals surface area (Å²) in [6.45, 7) is 6.31. The van der Waals surface area contributed by atoms with Crippen molar-refractivity contribution < 1.29 is 0 Å². The standard InChI is InChI=1S/C13H18N4/c1-3-17(4-2)11-7-5-6-10(8-11)12-9-15-16-13(12)14/h5-9H,3-4H2,1-2H3,(H3,14,15,16). The Morgan fingerprint density at radius 3 is 2.65 bits per heavy atom. The molecule has 1 aromatic carbocycles. The molecule has 0 aliphatic rings. The lowest BCUT2D eigenvalue weighted by atomic mass is 10.1. The maximum Gasteiger partial charge on any atom is 0.126 e. The van der Waals surface area contributed by atoms with Crippen molar-refractivity contribution in [1.82, 2.24) is 10.2 Å². The molecular formula is C13H18N4. The summed E-state index contributed by atoms with van der Waals surface area (Å²) in [5.41, 5.74) is 9.10. The number of H-pyrrole nitrogens is 1. The van der Waals surface area contributed by atoms with Crippen LogP contribution in [0.1, 0.15) is 13.8 Å². The van der Waals surface area contributed by atoms with E-state index in [2.05, 4.69) is 47.1 Å². The van der Waals surface area contributed by atoms with Gasteiger partial charge in [-0.1, -0.05) is 12.1 Å². The Hall–Kier alpha value is -1.97. The highest BCUT2D eigenvalue weighted by atomic mass is 15.1. The Balaban J connectivity index is 2.38. The maximum atomic E-state index is 5.83. The zero-order chi connectivity index (χ0) is 12.3. The fourth-order valence-corrected chi connectivity index (χ4v) is 1.99. The molecule has 2 aromatic rings. The fraction of sp³-hybridized carbons (Fsp3) is 0.308. The Bertz CT molecular complexity index is 486. The van der Waals surface area contributed by atoms with E-state index in [0.29, 0.717) is 5.82 Å². The highest BCUT2D eigenvalue weighted by Crippen LogP contribution is 2.27. The van der Waals surface area contributed by atoms with Gasteiger partial charge >= 0.3 is 0 Å². The van der Waals surface area contributed by atoms with Crippen LogP contribution in [0.4, 0.5) is 11.5 Å². The summed E-state index contributed by atoms with van der Waals surface area (Å²) >= 11 is 0. The number of hydrogen-bond donors (Lipinski definition) is 2. The summed E-state index contributed by atoms with van der Waals surface area (Å²) in [6.07, 6.45) is 1.76. The van der Waals surface area contributed by atoms with E-state index >= 15 is 0 Å². The van der Waals surface area contributed by atoms with E-state index in [-0.39, 0.29) is 0 Å². The zero-order valence-electron chi connectivity index (χ0n) is 10.3. The first-order valence-corrected chi connectivity index (χ1v) is 5.90. The Morgan fingerprint density at radius 2 is 2.06 bits per heavy atom. The van der Waals surface area contributed by atoms with Gasteiger partial charge in [0.05, 0.1) is 6.20 Å². The third kappa shape index (κ3) is 2.25. The number of nitrogens with one attached hydrogen (secondary N) is 1. The second kappa shape index (κ2) is 4.91. The lowest BCUT2D eigenvalue weighted by molar-refractivity contribution is 0.866. The third-order valence-corrected chi connectivity index (χ3v) is 2.95. The van der Waals surface area contributed by atoms with Crippen LogP contribution in [0.5, 0.6) is 0 Å². The van der Waals surface area contributed by atoms with Crippen molar-refractivity contribution in [3.8, 4) is 11.1 Å². The number of nitrogens with two attached hydrogens (primary N) is 1. The fourth-order valence-electron chi connectivity index (χ4n) is 1.99.